The molecule has 8 heteroatoms. The van der Waals surface area contributed by atoms with E-state index in [1.807, 2.05) is 12.2 Å². The van der Waals surface area contributed by atoms with Gasteiger partial charge >= 0.3 is 0 Å². The van der Waals surface area contributed by atoms with Crippen LogP contribution >= 0.6 is 57.5 Å². The molecular formula is C12H28Br2N4S2. The highest BCUT2D eigenvalue weighted by Crippen LogP contribution is 2.11. The van der Waals surface area contributed by atoms with Crippen molar-refractivity contribution in [2.75, 3.05) is 24.6 Å². The highest BCUT2D eigenvalue weighted by atomic mass is 79.9. The topological polar surface area (TPSA) is 76.1 Å². The van der Waals surface area contributed by atoms with Crippen molar-refractivity contribution >= 4 is 57.5 Å². The molecule has 0 aromatic carbocycles. The predicted molar refractivity (Wildman–Crippen MR) is 107 cm³/mol. The van der Waals surface area contributed by atoms with Crippen LogP contribution in [0.25, 0.3) is 0 Å². The van der Waals surface area contributed by atoms with Crippen molar-refractivity contribution in [3.05, 3.63) is 25.3 Å². The van der Waals surface area contributed by atoms with Crippen LogP contribution in [-0.4, -0.2) is 35.6 Å². The van der Waals surface area contributed by atoms with Crippen LogP contribution in [0.3, 0.4) is 0 Å². The Labute approximate surface area is 152 Å². The monoisotopic (exact) mass is 450 g/mol. The summed E-state index contributed by atoms with van der Waals surface area (Å²) in [5, 5.41) is 6.29. The third-order valence-electron chi connectivity index (χ3n) is 2.06. The lowest BCUT2D eigenvalue weighted by Crippen LogP contribution is -2.34. The predicted octanol–water partition coefficient (Wildman–Crippen LogP) is 2.42. The summed E-state index contributed by atoms with van der Waals surface area (Å²) >= 11 is 3.48. The largest absolute Gasteiger partial charge is 0.307 e. The smallest absolute Gasteiger partial charge is 0.103 e. The number of halogens is 2. The molecule has 0 spiro atoms. The Balaban J connectivity index is -0.00000144. The maximum atomic E-state index is 5.84. The standard InChI is InChI=1S/C12H26N4S2.2BrH/c1-3-7-15-11(13)17-9-5-6-10-18-12(14)16-8-4-2;;/h3-4,11-12,15-16H,1-2,5-10,13-14H2;2*1H. The lowest BCUT2D eigenvalue weighted by atomic mass is 10.4. The molecule has 2 atom stereocenters. The molecule has 0 aromatic rings. The number of hydrogen-bond acceptors (Lipinski definition) is 6. The third kappa shape index (κ3) is 19.0. The van der Waals surface area contributed by atoms with Gasteiger partial charge in [-0.1, -0.05) is 12.2 Å². The molecule has 0 fully saturated rings. The fourth-order valence-corrected chi connectivity index (χ4v) is 2.82. The minimum absolute atomic E-state index is 0. The summed E-state index contributed by atoms with van der Waals surface area (Å²) in [7, 11) is 0. The molecule has 4 nitrogen and oxygen atoms in total. The number of thioether (sulfide) groups is 2. The minimum atomic E-state index is 0. The van der Waals surface area contributed by atoms with Gasteiger partial charge in [0.1, 0.15) is 11.0 Å². The molecule has 0 heterocycles. The molecule has 0 radical (unpaired) electrons. The zero-order valence-corrected chi connectivity index (χ0v) is 16.8. The Morgan fingerprint density at radius 2 is 1.20 bits per heavy atom. The quantitative estimate of drug-likeness (QED) is 0.196. The van der Waals surface area contributed by atoms with Crippen LogP contribution in [0.15, 0.2) is 25.3 Å². The highest BCUT2D eigenvalue weighted by Gasteiger charge is 2.02. The van der Waals surface area contributed by atoms with Crippen LogP contribution in [0.5, 0.6) is 0 Å². The minimum Gasteiger partial charge on any atom is -0.307 e. The van der Waals surface area contributed by atoms with E-state index in [-0.39, 0.29) is 45.0 Å². The average molecular weight is 452 g/mol. The van der Waals surface area contributed by atoms with E-state index in [2.05, 4.69) is 23.8 Å². The number of hydrogen-bond donors (Lipinski definition) is 4. The van der Waals surface area contributed by atoms with Crippen molar-refractivity contribution < 1.29 is 0 Å². The number of rotatable bonds is 13. The van der Waals surface area contributed by atoms with Gasteiger partial charge in [0.15, 0.2) is 0 Å². The molecule has 0 saturated heterocycles. The van der Waals surface area contributed by atoms with Gasteiger partial charge in [0.05, 0.1) is 0 Å². The molecule has 2 unspecified atom stereocenters. The molecule has 0 aromatic heterocycles. The van der Waals surface area contributed by atoms with Crippen molar-refractivity contribution in [3.8, 4) is 0 Å². The van der Waals surface area contributed by atoms with Crippen molar-refractivity contribution in [1.29, 1.82) is 0 Å². The Morgan fingerprint density at radius 3 is 1.50 bits per heavy atom. The van der Waals surface area contributed by atoms with Gasteiger partial charge in [-0.05, 0) is 24.3 Å². The Bertz CT molecular complexity index is 202. The van der Waals surface area contributed by atoms with Gasteiger partial charge in [-0.15, -0.1) is 70.6 Å². The van der Waals surface area contributed by atoms with Gasteiger partial charge in [-0.2, -0.15) is 0 Å². The maximum absolute atomic E-state index is 5.84. The first-order chi connectivity index (χ1) is 8.70. The van der Waals surface area contributed by atoms with E-state index in [1.165, 1.54) is 0 Å². The summed E-state index contributed by atoms with van der Waals surface area (Å²) < 4.78 is 0. The average Bonchev–Trinajstić information content (AvgIpc) is 2.37. The Kier molecular flexibility index (Phi) is 25.9. The van der Waals surface area contributed by atoms with Gasteiger partial charge in [0, 0.05) is 13.1 Å². The molecule has 0 aliphatic carbocycles. The molecule has 20 heavy (non-hydrogen) atoms. The molecule has 0 amide bonds. The van der Waals surface area contributed by atoms with Gasteiger partial charge in [0.2, 0.25) is 0 Å². The maximum Gasteiger partial charge on any atom is 0.103 e. The number of nitrogens with one attached hydrogen (secondary N) is 2. The molecule has 0 aliphatic heterocycles. The second kappa shape index (κ2) is 20.0. The Hall–Kier alpha value is 0.980. The summed E-state index contributed by atoms with van der Waals surface area (Å²) in [6, 6.07) is 0. The first-order valence-electron chi connectivity index (χ1n) is 6.13. The van der Waals surface area contributed by atoms with E-state index in [0.29, 0.717) is 0 Å². The molecule has 6 N–H and O–H groups in total. The summed E-state index contributed by atoms with van der Waals surface area (Å²) in [6.45, 7) is 8.79. The summed E-state index contributed by atoms with van der Waals surface area (Å²) in [6.07, 6.45) is 5.95. The van der Waals surface area contributed by atoms with Crippen LogP contribution < -0.4 is 22.1 Å². The fraction of sp³-hybridized carbons (Fsp3) is 0.667. The molecular weight excluding hydrogens is 424 g/mol. The molecule has 0 saturated carbocycles. The van der Waals surface area contributed by atoms with E-state index in [9.17, 15) is 0 Å². The normalized spacial score (nSPS) is 12.7. The zero-order chi connectivity index (χ0) is 13.6. The van der Waals surface area contributed by atoms with E-state index < -0.39 is 0 Å². The summed E-state index contributed by atoms with van der Waals surface area (Å²) in [4.78, 5) is 0. The van der Waals surface area contributed by atoms with Gasteiger partial charge < -0.3 is 11.5 Å². The zero-order valence-electron chi connectivity index (χ0n) is 11.8. The van der Waals surface area contributed by atoms with Crippen LogP contribution in [0.2, 0.25) is 0 Å². The van der Waals surface area contributed by atoms with Gasteiger partial charge in [0.25, 0.3) is 0 Å². The van der Waals surface area contributed by atoms with Gasteiger partial charge in [-0.3, -0.25) is 10.6 Å². The number of nitrogens with two attached hydrogens (primary N) is 2. The van der Waals surface area contributed by atoms with Crippen LogP contribution in [0, 0.1) is 0 Å². The van der Waals surface area contributed by atoms with Gasteiger partial charge in [-0.25, -0.2) is 0 Å². The first kappa shape index (κ1) is 25.9. The first-order valence-corrected chi connectivity index (χ1v) is 8.23. The fourth-order valence-electron chi connectivity index (χ4n) is 1.14. The van der Waals surface area contributed by atoms with Crippen molar-refractivity contribution in [2.45, 2.75) is 23.8 Å². The van der Waals surface area contributed by atoms with Crippen LogP contribution in [0.1, 0.15) is 12.8 Å². The lowest BCUT2D eigenvalue weighted by molar-refractivity contribution is 0.721. The lowest BCUT2D eigenvalue weighted by Gasteiger charge is -2.13. The van der Waals surface area contributed by atoms with E-state index >= 15 is 0 Å². The highest BCUT2D eigenvalue weighted by molar-refractivity contribution is 8.93. The van der Waals surface area contributed by atoms with Crippen molar-refractivity contribution in [1.82, 2.24) is 10.6 Å². The summed E-state index contributed by atoms with van der Waals surface area (Å²) in [5.74, 6) is 2.14. The van der Waals surface area contributed by atoms with Crippen molar-refractivity contribution in [2.24, 2.45) is 11.5 Å². The molecule has 0 rings (SSSR count). The van der Waals surface area contributed by atoms with E-state index in [0.717, 1.165) is 37.4 Å². The van der Waals surface area contributed by atoms with Crippen LogP contribution in [-0.2, 0) is 0 Å². The molecule has 0 aliphatic rings. The molecule has 122 valence electrons. The van der Waals surface area contributed by atoms with Crippen molar-refractivity contribution in [3.63, 3.8) is 0 Å². The third-order valence-corrected chi connectivity index (χ3v) is 4.16. The second-order valence-electron chi connectivity index (χ2n) is 3.68. The van der Waals surface area contributed by atoms with E-state index in [1.54, 1.807) is 23.5 Å². The summed E-state index contributed by atoms with van der Waals surface area (Å²) in [5.41, 5.74) is 11.7. The SMILES string of the molecule is Br.Br.C=CCNC(N)SCCCCSC(N)NCC=C. The number of unbranched alkanes of at least 4 members (excludes halogenated alkanes) is 1. The molecule has 0 bridgehead atoms. The van der Waals surface area contributed by atoms with E-state index in [4.69, 9.17) is 11.5 Å². The van der Waals surface area contributed by atoms with Crippen LogP contribution in [0.4, 0.5) is 0 Å². The second-order valence-corrected chi connectivity index (χ2v) is 6.18. The Morgan fingerprint density at radius 1 is 0.850 bits per heavy atom.